The Morgan fingerprint density at radius 3 is 2.48 bits per heavy atom. The summed E-state index contributed by atoms with van der Waals surface area (Å²) in [6.45, 7) is 1.51. The van der Waals surface area contributed by atoms with Crippen LogP contribution in [0.2, 0.25) is 0 Å². The van der Waals surface area contributed by atoms with E-state index in [1.165, 1.54) is 11.1 Å². The average Bonchev–Trinajstić information content (AvgIpc) is 3.08. The molecule has 0 bridgehead atoms. The van der Waals surface area contributed by atoms with Crippen molar-refractivity contribution in [2.75, 3.05) is 34.2 Å². The van der Waals surface area contributed by atoms with Gasteiger partial charge < -0.3 is 20.3 Å². The van der Waals surface area contributed by atoms with Crippen molar-refractivity contribution in [1.29, 1.82) is 0 Å². The molecule has 1 heterocycles. The number of aliphatic imine (C=N–C) groups is 1. The zero-order valence-electron chi connectivity index (χ0n) is 16.2. The number of likely N-dealkylation sites (N-methyl/N-ethyl adjacent to an activating group) is 1. The van der Waals surface area contributed by atoms with Gasteiger partial charge in [0.15, 0.2) is 5.96 Å². The van der Waals surface area contributed by atoms with Crippen LogP contribution >= 0.6 is 24.0 Å². The summed E-state index contributed by atoms with van der Waals surface area (Å²) in [4.78, 5) is 6.56. The minimum atomic E-state index is 0. The van der Waals surface area contributed by atoms with Gasteiger partial charge in [-0.3, -0.25) is 4.99 Å². The molecule has 6 heteroatoms. The summed E-state index contributed by atoms with van der Waals surface area (Å²) in [5, 5.41) is 6.82. The Hall–Kier alpha value is -1.80. The number of fused-ring (bicyclic) bond motifs is 1. The first-order valence-corrected chi connectivity index (χ1v) is 9.08. The summed E-state index contributed by atoms with van der Waals surface area (Å²) in [5.41, 5.74) is 2.56. The van der Waals surface area contributed by atoms with Crippen LogP contribution in [0.1, 0.15) is 17.2 Å². The largest absolute Gasteiger partial charge is 0.488 e. The molecule has 0 aliphatic carbocycles. The standard InChI is InChI=1S/C21H28N4O.HI/c1-22-21(23-14-18-13-17-11-7-8-12-20(17)26-18)24-15-19(25(2)3)16-9-5-4-6-10-16;/h4-12,18-19H,13-15H2,1-3H3,(H2,22,23,24);1H. The van der Waals surface area contributed by atoms with Gasteiger partial charge >= 0.3 is 0 Å². The van der Waals surface area contributed by atoms with E-state index in [-0.39, 0.29) is 36.1 Å². The van der Waals surface area contributed by atoms with Crippen LogP contribution in [0.4, 0.5) is 0 Å². The summed E-state index contributed by atoms with van der Waals surface area (Å²) < 4.78 is 5.98. The molecule has 5 nitrogen and oxygen atoms in total. The highest BCUT2D eigenvalue weighted by molar-refractivity contribution is 14.0. The average molecular weight is 480 g/mol. The molecule has 2 atom stereocenters. The predicted octanol–water partition coefficient (Wildman–Crippen LogP) is 3.08. The molecule has 0 fully saturated rings. The van der Waals surface area contributed by atoms with Crippen molar-refractivity contribution in [1.82, 2.24) is 15.5 Å². The molecule has 2 unspecified atom stereocenters. The van der Waals surface area contributed by atoms with E-state index in [0.29, 0.717) is 0 Å². The van der Waals surface area contributed by atoms with Gasteiger partial charge in [-0.2, -0.15) is 0 Å². The highest BCUT2D eigenvalue weighted by Gasteiger charge is 2.22. The van der Waals surface area contributed by atoms with Gasteiger partial charge in [0.2, 0.25) is 0 Å². The van der Waals surface area contributed by atoms with Crippen molar-refractivity contribution >= 4 is 29.9 Å². The van der Waals surface area contributed by atoms with Crippen molar-refractivity contribution in [3.05, 3.63) is 65.7 Å². The number of rotatable bonds is 6. The first kappa shape index (κ1) is 21.5. The fourth-order valence-electron chi connectivity index (χ4n) is 3.27. The summed E-state index contributed by atoms with van der Waals surface area (Å²) in [7, 11) is 5.99. The van der Waals surface area contributed by atoms with E-state index in [0.717, 1.165) is 31.2 Å². The van der Waals surface area contributed by atoms with Gasteiger partial charge in [-0.25, -0.2) is 0 Å². The fourth-order valence-corrected chi connectivity index (χ4v) is 3.27. The van der Waals surface area contributed by atoms with Crippen LogP contribution in [-0.2, 0) is 6.42 Å². The molecular weight excluding hydrogens is 451 g/mol. The molecule has 0 radical (unpaired) electrons. The van der Waals surface area contributed by atoms with Crippen LogP contribution in [0, 0.1) is 0 Å². The minimum Gasteiger partial charge on any atom is -0.488 e. The summed E-state index contributed by atoms with van der Waals surface area (Å²) in [5.74, 6) is 1.80. The number of benzene rings is 2. The third-order valence-electron chi connectivity index (χ3n) is 4.71. The molecule has 0 amide bonds. The van der Waals surface area contributed by atoms with Crippen molar-refractivity contribution in [3.8, 4) is 5.75 Å². The summed E-state index contributed by atoms with van der Waals surface area (Å²) in [6.07, 6.45) is 1.08. The van der Waals surface area contributed by atoms with Crippen molar-refractivity contribution in [2.24, 2.45) is 4.99 Å². The number of ether oxygens (including phenoxy) is 1. The Kier molecular flexibility index (Phi) is 8.37. The Morgan fingerprint density at radius 1 is 1.11 bits per heavy atom. The second-order valence-electron chi connectivity index (χ2n) is 6.78. The Bertz CT molecular complexity index is 711. The zero-order valence-corrected chi connectivity index (χ0v) is 18.5. The van der Waals surface area contributed by atoms with Crippen molar-refractivity contribution < 1.29 is 4.74 Å². The van der Waals surface area contributed by atoms with Crippen LogP contribution < -0.4 is 15.4 Å². The molecule has 1 aliphatic rings. The molecule has 2 aromatic carbocycles. The van der Waals surface area contributed by atoms with E-state index < -0.39 is 0 Å². The molecular formula is C21H29IN4O. The first-order valence-electron chi connectivity index (χ1n) is 9.08. The number of para-hydroxylation sites is 1. The van der Waals surface area contributed by atoms with E-state index >= 15 is 0 Å². The van der Waals surface area contributed by atoms with E-state index in [1.54, 1.807) is 7.05 Å². The quantitative estimate of drug-likeness (QED) is 0.379. The molecule has 0 saturated heterocycles. The van der Waals surface area contributed by atoms with Crippen LogP contribution in [0.15, 0.2) is 59.6 Å². The smallest absolute Gasteiger partial charge is 0.191 e. The number of nitrogens with one attached hydrogen (secondary N) is 2. The molecule has 0 saturated carbocycles. The zero-order chi connectivity index (χ0) is 18.4. The van der Waals surface area contributed by atoms with Crippen LogP contribution in [0.25, 0.3) is 0 Å². The van der Waals surface area contributed by atoms with E-state index in [2.05, 4.69) is 71.0 Å². The normalized spacial score (nSPS) is 16.9. The summed E-state index contributed by atoms with van der Waals surface area (Å²) >= 11 is 0. The molecule has 2 aromatic rings. The monoisotopic (exact) mass is 480 g/mol. The maximum absolute atomic E-state index is 5.98. The van der Waals surface area contributed by atoms with E-state index in [9.17, 15) is 0 Å². The lowest BCUT2D eigenvalue weighted by Crippen LogP contribution is -2.44. The molecule has 146 valence electrons. The highest BCUT2D eigenvalue weighted by atomic mass is 127. The number of nitrogens with zero attached hydrogens (tertiary/aromatic N) is 2. The number of hydrogen-bond donors (Lipinski definition) is 2. The second kappa shape index (κ2) is 10.5. The molecule has 0 spiro atoms. The van der Waals surface area contributed by atoms with Crippen LogP contribution in [-0.4, -0.2) is 51.2 Å². The SMILES string of the molecule is CN=C(NCC1Cc2ccccc2O1)NCC(c1ccccc1)N(C)C.I. The van der Waals surface area contributed by atoms with Crippen molar-refractivity contribution in [3.63, 3.8) is 0 Å². The highest BCUT2D eigenvalue weighted by Crippen LogP contribution is 2.27. The Balaban J connectivity index is 0.00000261. The van der Waals surface area contributed by atoms with Crippen molar-refractivity contribution in [2.45, 2.75) is 18.6 Å². The second-order valence-corrected chi connectivity index (χ2v) is 6.78. The first-order chi connectivity index (χ1) is 12.7. The van der Waals surface area contributed by atoms with Gasteiger partial charge in [0.05, 0.1) is 12.6 Å². The maximum Gasteiger partial charge on any atom is 0.191 e. The van der Waals surface area contributed by atoms with Gasteiger partial charge in [-0.1, -0.05) is 48.5 Å². The minimum absolute atomic E-state index is 0. The van der Waals surface area contributed by atoms with Gasteiger partial charge in [-0.05, 0) is 31.3 Å². The third-order valence-corrected chi connectivity index (χ3v) is 4.71. The maximum atomic E-state index is 5.98. The molecule has 1 aliphatic heterocycles. The lowest BCUT2D eigenvalue weighted by molar-refractivity contribution is 0.234. The lowest BCUT2D eigenvalue weighted by atomic mass is 10.1. The number of halogens is 1. The van der Waals surface area contributed by atoms with Gasteiger partial charge in [0, 0.05) is 20.0 Å². The van der Waals surface area contributed by atoms with Crippen LogP contribution in [0.5, 0.6) is 5.75 Å². The van der Waals surface area contributed by atoms with Crippen LogP contribution in [0.3, 0.4) is 0 Å². The molecule has 2 N–H and O–H groups in total. The summed E-state index contributed by atoms with van der Waals surface area (Å²) in [6, 6.07) is 19.0. The van der Waals surface area contributed by atoms with Gasteiger partial charge in [-0.15, -0.1) is 24.0 Å². The molecule has 27 heavy (non-hydrogen) atoms. The number of hydrogen-bond acceptors (Lipinski definition) is 3. The topological polar surface area (TPSA) is 48.9 Å². The molecule has 0 aromatic heterocycles. The predicted molar refractivity (Wildman–Crippen MR) is 122 cm³/mol. The fraction of sp³-hybridized carbons (Fsp3) is 0.381. The molecule has 3 rings (SSSR count). The van der Waals surface area contributed by atoms with E-state index in [1.807, 2.05) is 18.2 Å². The van der Waals surface area contributed by atoms with E-state index in [4.69, 9.17) is 4.74 Å². The lowest BCUT2D eigenvalue weighted by Gasteiger charge is -2.26. The third kappa shape index (κ3) is 5.84. The van der Waals surface area contributed by atoms with Gasteiger partial charge in [0.1, 0.15) is 11.9 Å². The number of guanidine groups is 1. The van der Waals surface area contributed by atoms with Gasteiger partial charge in [0.25, 0.3) is 0 Å². The Labute approximate surface area is 179 Å². The Morgan fingerprint density at radius 2 is 1.81 bits per heavy atom.